The van der Waals surface area contributed by atoms with E-state index < -0.39 is 11.6 Å². The smallest absolute Gasteiger partial charge is 0.128 e. The largest absolute Gasteiger partial charge is 0.306 e. The Labute approximate surface area is 161 Å². The summed E-state index contributed by atoms with van der Waals surface area (Å²) in [4.78, 5) is 1.25. The van der Waals surface area contributed by atoms with Crippen LogP contribution in [0.5, 0.6) is 0 Å². The van der Waals surface area contributed by atoms with Crippen LogP contribution in [0.25, 0.3) is 5.69 Å². The minimum Gasteiger partial charge on any atom is -0.306 e. The number of hydrogen-bond acceptors (Lipinski definition) is 3. The van der Waals surface area contributed by atoms with Gasteiger partial charge in [-0.25, -0.2) is 13.5 Å². The Morgan fingerprint density at radius 3 is 2.78 bits per heavy atom. The quantitative estimate of drug-likeness (QED) is 0.624. The molecule has 1 heterocycles. The lowest BCUT2D eigenvalue weighted by Crippen LogP contribution is -2.25. The van der Waals surface area contributed by atoms with E-state index in [2.05, 4.69) is 40.9 Å². The highest BCUT2D eigenvalue weighted by atomic mass is 32.2. The Morgan fingerprint density at radius 2 is 2.00 bits per heavy atom. The maximum Gasteiger partial charge on any atom is 0.128 e. The van der Waals surface area contributed by atoms with Crippen molar-refractivity contribution in [3.05, 3.63) is 77.1 Å². The number of benzene rings is 2. The lowest BCUT2D eigenvalue weighted by molar-refractivity contribution is 0.454. The van der Waals surface area contributed by atoms with Crippen LogP contribution in [0.2, 0.25) is 0 Å². The zero-order valence-corrected chi connectivity index (χ0v) is 15.9. The summed E-state index contributed by atoms with van der Waals surface area (Å²) >= 11 is 1.73. The number of halogens is 2. The summed E-state index contributed by atoms with van der Waals surface area (Å²) in [6, 6.07) is 12.2. The number of nitrogens with one attached hydrogen (secondary N) is 1. The number of thioether (sulfide) groups is 1. The van der Waals surface area contributed by atoms with Gasteiger partial charge in [0.25, 0.3) is 0 Å². The molecule has 0 amide bonds. The Hall–Kier alpha value is -2.18. The molecule has 0 saturated carbocycles. The van der Waals surface area contributed by atoms with Gasteiger partial charge in [0.2, 0.25) is 0 Å². The van der Waals surface area contributed by atoms with Gasteiger partial charge in [-0.15, -0.1) is 11.8 Å². The van der Waals surface area contributed by atoms with Crippen molar-refractivity contribution in [3.63, 3.8) is 0 Å². The fraction of sp³-hybridized carbons (Fsp3) is 0.286. The fourth-order valence-corrected chi connectivity index (χ4v) is 4.16. The summed E-state index contributed by atoms with van der Waals surface area (Å²) in [5.74, 6) is -1.18. The lowest BCUT2D eigenvalue weighted by Gasteiger charge is -2.24. The third kappa shape index (κ3) is 3.92. The Balaban J connectivity index is 1.56. The summed E-state index contributed by atoms with van der Waals surface area (Å²) < 4.78 is 28.9. The fourth-order valence-electron chi connectivity index (χ4n) is 3.68. The highest BCUT2D eigenvalue weighted by molar-refractivity contribution is 7.98. The second kappa shape index (κ2) is 7.82. The molecule has 1 aliphatic carbocycles. The highest BCUT2D eigenvalue weighted by Crippen LogP contribution is 2.31. The van der Waals surface area contributed by atoms with Crippen molar-refractivity contribution < 1.29 is 8.78 Å². The minimum atomic E-state index is -0.589. The molecule has 2 aromatic carbocycles. The molecule has 0 bridgehead atoms. The van der Waals surface area contributed by atoms with Crippen molar-refractivity contribution >= 4 is 11.8 Å². The molecule has 0 spiro atoms. The molecule has 1 aliphatic rings. The Kier molecular flexibility index (Phi) is 5.27. The van der Waals surface area contributed by atoms with Crippen molar-refractivity contribution in [1.82, 2.24) is 15.1 Å². The minimum absolute atomic E-state index is 0.193. The van der Waals surface area contributed by atoms with Gasteiger partial charge in [0, 0.05) is 34.8 Å². The normalized spacial score (nSPS) is 16.3. The lowest BCUT2D eigenvalue weighted by atomic mass is 9.92. The number of nitrogens with zero attached hydrogens (tertiary/aromatic N) is 2. The molecule has 1 aromatic heterocycles. The first-order chi connectivity index (χ1) is 13.1. The van der Waals surface area contributed by atoms with Crippen LogP contribution in [0.3, 0.4) is 0 Å². The van der Waals surface area contributed by atoms with Gasteiger partial charge in [-0.2, -0.15) is 5.10 Å². The first-order valence-corrected chi connectivity index (χ1v) is 10.3. The SMILES string of the molecule is CSc1cccc(CN[C@H]2CCCc3c2cnn3-c2cc(F)cc(F)c2)c1. The van der Waals surface area contributed by atoms with Crippen LogP contribution in [0.4, 0.5) is 8.78 Å². The summed E-state index contributed by atoms with van der Waals surface area (Å²) in [5, 5.41) is 8.05. The molecule has 1 atom stereocenters. The van der Waals surface area contributed by atoms with Crippen molar-refractivity contribution in [2.45, 2.75) is 36.7 Å². The van der Waals surface area contributed by atoms with Crippen LogP contribution in [0, 0.1) is 11.6 Å². The van der Waals surface area contributed by atoms with E-state index in [1.807, 2.05) is 6.20 Å². The van der Waals surface area contributed by atoms with Crippen molar-refractivity contribution in [3.8, 4) is 5.69 Å². The third-order valence-corrected chi connectivity index (χ3v) is 5.69. The maximum absolute atomic E-state index is 13.6. The van der Waals surface area contributed by atoms with E-state index in [0.717, 1.165) is 43.1 Å². The molecule has 27 heavy (non-hydrogen) atoms. The second-order valence-corrected chi connectivity index (χ2v) is 7.64. The summed E-state index contributed by atoms with van der Waals surface area (Å²) in [5.41, 5.74) is 3.82. The molecule has 0 saturated heterocycles. The van der Waals surface area contributed by atoms with Gasteiger partial charge in [-0.3, -0.25) is 0 Å². The van der Waals surface area contributed by atoms with E-state index in [1.165, 1.54) is 22.6 Å². The monoisotopic (exact) mass is 385 g/mol. The summed E-state index contributed by atoms with van der Waals surface area (Å²) in [7, 11) is 0. The van der Waals surface area contributed by atoms with Crippen LogP contribution in [0.15, 0.2) is 53.6 Å². The third-order valence-electron chi connectivity index (χ3n) is 4.96. The predicted molar refractivity (Wildman–Crippen MR) is 104 cm³/mol. The van der Waals surface area contributed by atoms with Crippen LogP contribution in [-0.2, 0) is 13.0 Å². The summed E-state index contributed by atoms with van der Waals surface area (Å²) in [6.45, 7) is 0.776. The molecular weight excluding hydrogens is 364 g/mol. The standard InChI is InChI=1S/C21H21F2N3S/c1-27-18-5-2-4-14(8-18)12-24-20-6-3-7-21-19(20)13-25-26(21)17-10-15(22)9-16(23)11-17/h2,4-5,8-11,13,20,24H,3,6-7,12H2,1H3/t20-/m0/s1. The van der Waals surface area contributed by atoms with E-state index in [1.54, 1.807) is 16.4 Å². The molecule has 0 unspecified atom stereocenters. The number of rotatable bonds is 5. The van der Waals surface area contributed by atoms with Gasteiger partial charge in [-0.05, 0) is 55.3 Å². The van der Waals surface area contributed by atoms with Crippen LogP contribution in [0.1, 0.15) is 35.7 Å². The van der Waals surface area contributed by atoms with E-state index in [-0.39, 0.29) is 6.04 Å². The van der Waals surface area contributed by atoms with Crippen LogP contribution < -0.4 is 5.32 Å². The summed E-state index contributed by atoms with van der Waals surface area (Å²) in [6.07, 6.45) is 6.79. The predicted octanol–water partition coefficient (Wildman–Crippen LogP) is 5.04. The van der Waals surface area contributed by atoms with Crippen LogP contribution in [-0.4, -0.2) is 16.0 Å². The average molecular weight is 385 g/mol. The average Bonchev–Trinajstić information content (AvgIpc) is 3.10. The van der Waals surface area contributed by atoms with Crippen molar-refractivity contribution in [1.29, 1.82) is 0 Å². The molecule has 0 fully saturated rings. The van der Waals surface area contributed by atoms with Gasteiger partial charge in [0.15, 0.2) is 0 Å². The molecule has 6 heteroatoms. The molecule has 1 N–H and O–H groups in total. The zero-order valence-electron chi connectivity index (χ0n) is 15.1. The molecule has 3 nitrogen and oxygen atoms in total. The second-order valence-electron chi connectivity index (χ2n) is 6.76. The van der Waals surface area contributed by atoms with Gasteiger partial charge in [0.1, 0.15) is 11.6 Å². The number of aromatic nitrogens is 2. The molecule has 4 rings (SSSR count). The van der Waals surface area contributed by atoms with Gasteiger partial charge >= 0.3 is 0 Å². The maximum atomic E-state index is 13.6. The van der Waals surface area contributed by atoms with E-state index >= 15 is 0 Å². The first-order valence-electron chi connectivity index (χ1n) is 9.03. The van der Waals surface area contributed by atoms with E-state index in [9.17, 15) is 8.78 Å². The molecule has 0 radical (unpaired) electrons. The van der Waals surface area contributed by atoms with Gasteiger partial charge < -0.3 is 5.32 Å². The highest BCUT2D eigenvalue weighted by Gasteiger charge is 2.24. The molecular formula is C21H21F2N3S. The van der Waals surface area contributed by atoms with Gasteiger partial charge in [0.05, 0.1) is 11.9 Å². The Morgan fingerprint density at radius 1 is 1.19 bits per heavy atom. The first kappa shape index (κ1) is 18.2. The number of fused-ring (bicyclic) bond motifs is 1. The number of hydrogen-bond donors (Lipinski definition) is 1. The van der Waals surface area contributed by atoms with E-state index in [0.29, 0.717) is 5.69 Å². The van der Waals surface area contributed by atoms with Crippen LogP contribution >= 0.6 is 11.8 Å². The zero-order chi connectivity index (χ0) is 18.8. The van der Waals surface area contributed by atoms with Gasteiger partial charge in [-0.1, -0.05) is 12.1 Å². The molecule has 140 valence electrons. The molecule has 0 aliphatic heterocycles. The van der Waals surface area contributed by atoms with Crippen molar-refractivity contribution in [2.75, 3.05) is 6.26 Å². The topological polar surface area (TPSA) is 29.9 Å². The van der Waals surface area contributed by atoms with Crippen molar-refractivity contribution in [2.24, 2.45) is 0 Å². The Bertz CT molecular complexity index is 934. The molecule has 3 aromatic rings. The van der Waals surface area contributed by atoms with E-state index in [4.69, 9.17) is 0 Å².